The summed E-state index contributed by atoms with van der Waals surface area (Å²) in [4.78, 5) is 1.22. The van der Waals surface area contributed by atoms with Crippen LogP contribution in [0.5, 0.6) is 0 Å². The lowest BCUT2D eigenvalue weighted by molar-refractivity contribution is -0.183. The summed E-state index contributed by atoms with van der Waals surface area (Å²) in [5.74, 6) is -1.13. The van der Waals surface area contributed by atoms with Crippen LogP contribution in [-0.4, -0.2) is 12.2 Å². The second-order valence-corrected chi connectivity index (χ2v) is 6.22. The molecule has 1 heterocycles. The molecule has 0 saturated heterocycles. The van der Waals surface area contributed by atoms with Gasteiger partial charge in [0.15, 0.2) is 0 Å². The SMILES string of the molecule is CCC(NC1CCCC(C(F)(F)F)C1)c1cccs1. The Balaban J connectivity index is 1.94. The van der Waals surface area contributed by atoms with Crippen LogP contribution in [0.1, 0.15) is 49.9 Å². The molecule has 108 valence electrons. The van der Waals surface area contributed by atoms with Crippen molar-refractivity contribution in [3.63, 3.8) is 0 Å². The van der Waals surface area contributed by atoms with Crippen LogP contribution in [0.4, 0.5) is 13.2 Å². The summed E-state index contributed by atoms with van der Waals surface area (Å²) in [7, 11) is 0. The fourth-order valence-corrected chi connectivity index (χ4v) is 3.68. The molecule has 1 aliphatic rings. The van der Waals surface area contributed by atoms with Crippen LogP contribution in [0.3, 0.4) is 0 Å². The van der Waals surface area contributed by atoms with Gasteiger partial charge < -0.3 is 5.32 Å². The van der Waals surface area contributed by atoms with Crippen LogP contribution in [-0.2, 0) is 0 Å². The van der Waals surface area contributed by atoms with Crippen molar-refractivity contribution >= 4 is 11.3 Å². The zero-order chi connectivity index (χ0) is 13.9. The topological polar surface area (TPSA) is 12.0 Å². The Kier molecular flexibility index (Phi) is 4.90. The number of thiophene rings is 1. The maximum absolute atomic E-state index is 12.8. The van der Waals surface area contributed by atoms with Gasteiger partial charge in [-0.15, -0.1) is 11.3 Å². The summed E-state index contributed by atoms with van der Waals surface area (Å²) >= 11 is 1.67. The van der Waals surface area contributed by atoms with Crippen molar-refractivity contribution < 1.29 is 13.2 Å². The Morgan fingerprint density at radius 2 is 2.21 bits per heavy atom. The zero-order valence-electron chi connectivity index (χ0n) is 11.0. The Morgan fingerprint density at radius 3 is 2.79 bits per heavy atom. The van der Waals surface area contributed by atoms with E-state index in [0.717, 1.165) is 12.8 Å². The number of nitrogens with one attached hydrogen (secondary N) is 1. The average molecular weight is 291 g/mol. The lowest BCUT2D eigenvalue weighted by Crippen LogP contribution is -2.40. The summed E-state index contributed by atoms with van der Waals surface area (Å²) < 4.78 is 38.3. The number of alkyl halides is 3. The quantitative estimate of drug-likeness (QED) is 0.831. The van der Waals surface area contributed by atoms with E-state index in [4.69, 9.17) is 0 Å². The molecule has 0 spiro atoms. The standard InChI is InChI=1S/C14H20F3NS/c1-2-12(13-7-4-8-19-13)18-11-6-3-5-10(9-11)14(15,16)17/h4,7-8,10-12,18H,2-3,5-6,9H2,1H3. The van der Waals surface area contributed by atoms with Crippen molar-refractivity contribution in [1.82, 2.24) is 5.32 Å². The van der Waals surface area contributed by atoms with Gasteiger partial charge in [0.25, 0.3) is 0 Å². The number of hydrogen-bond acceptors (Lipinski definition) is 2. The third-order valence-corrected chi connectivity index (χ3v) is 4.85. The summed E-state index contributed by atoms with van der Waals surface area (Å²) in [5, 5.41) is 5.43. The molecule has 1 saturated carbocycles. The average Bonchev–Trinajstić information content (AvgIpc) is 2.89. The van der Waals surface area contributed by atoms with Gasteiger partial charge in [-0.05, 0) is 37.1 Å². The maximum atomic E-state index is 12.8. The monoisotopic (exact) mass is 291 g/mol. The summed E-state index contributed by atoms with van der Waals surface area (Å²) in [6.07, 6.45) is -1.08. The van der Waals surface area contributed by atoms with E-state index in [1.165, 1.54) is 4.88 Å². The molecule has 19 heavy (non-hydrogen) atoms. The van der Waals surface area contributed by atoms with Crippen molar-refractivity contribution in [3.8, 4) is 0 Å². The molecule has 1 fully saturated rings. The first kappa shape index (κ1) is 14.9. The molecule has 1 aromatic rings. The van der Waals surface area contributed by atoms with E-state index < -0.39 is 12.1 Å². The van der Waals surface area contributed by atoms with E-state index in [9.17, 15) is 13.2 Å². The van der Waals surface area contributed by atoms with Crippen LogP contribution in [0.25, 0.3) is 0 Å². The predicted octanol–water partition coefficient (Wildman–Crippen LogP) is 4.91. The minimum atomic E-state index is -4.04. The second-order valence-electron chi connectivity index (χ2n) is 5.24. The maximum Gasteiger partial charge on any atom is 0.391 e. The van der Waals surface area contributed by atoms with Crippen LogP contribution in [0, 0.1) is 5.92 Å². The summed E-state index contributed by atoms with van der Waals surface area (Å²) in [5.41, 5.74) is 0. The van der Waals surface area contributed by atoms with Gasteiger partial charge in [0.2, 0.25) is 0 Å². The normalized spacial score (nSPS) is 26.3. The zero-order valence-corrected chi connectivity index (χ0v) is 11.9. The van der Waals surface area contributed by atoms with E-state index in [0.29, 0.717) is 6.42 Å². The first-order chi connectivity index (χ1) is 9.00. The van der Waals surface area contributed by atoms with Gasteiger partial charge in [-0.3, -0.25) is 0 Å². The molecule has 2 rings (SSSR count). The first-order valence-corrected chi connectivity index (χ1v) is 7.74. The smallest absolute Gasteiger partial charge is 0.306 e. The van der Waals surface area contributed by atoms with Gasteiger partial charge in [0, 0.05) is 17.0 Å². The highest BCUT2D eigenvalue weighted by Gasteiger charge is 2.42. The fourth-order valence-electron chi connectivity index (χ4n) is 2.81. The van der Waals surface area contributed by atoms with E-state index in [1.54, 1.807) is 11.3 Å². The second kappa shape index (κ2) is 6.27. The number of halogens is 3. The van der Waals surface area contributed by atoms with E-state index in [-0.39, 0.29) is 24.9 Å². The number of rotatable bonds is 4. The van der Waals surface area contributed by atoms with Crippen LogP contribution in [0.15, 0.2) is 17.5 Å². The van der Waals surface area contributed by atoms with Gasteiger partial charge >= 0.3 is 6.18 Å². The van der Waals surface area contributed by atoms with Gasteiger partial charge in [0.1, 0.15) is 0 Å². The van der Waals surface area contributed by atoms with Gasteiger partial charge in [-0.1, -0.05) is 19.4 Å². The minimum Gasteiger partial charge on any atom is -0.306 e. The lowest BCUT2D eigenvalue weighted by Gasteiger charge is -2.33. The highest BCUT2D eigenvalue weighted by Crippen LogP contribution is 2.38. The summed E-state index contributed by atoms with van der Waals surface area (Å²) in [6, 6.07) is 4.23. The van der Waals surface area contributed by atoms with Gasteiger partial charge in [-0.2, -0.15) is 13.2 Å². The lowest BCUT2D eigenvalue weighted by atomic mass is 9.85. The molecular weight excluding hydrogens is 271 g/mol. The molecule has 1 N–H and O–H groups in total. The molecule has 1 aromatic heterocycles. The van der Waals surface area contributed by atoms with Crippen molar-refractivity contribution in [2.24, 2.45) is 5.92 Å². The van der Waals surface area contributed by atoms with Crippen molar-refractivity contribution in [1.29, 1.82) is 0 Å². The molecule has 0 radical (unpaired) electrons. The Morgan fingerprint density at radius 1 is 1.42 bits per heavy atom. The fraction of sp³-hybridized carbons (Fsp3) is 0.714. The third kappa shape index (κ3) is 3.96. The molecule has 1 aliphatic carbocycles. The highest BCUT2D eigenvalue weighted by atomic mass is 32.1. The van der Waals surface area contributed by atoms with Crippen LogP contribution in [0.2, 0.25) is 0 Å². The first-order valence-electron chi connectivity index (χ1n) is 6.87. The molecule has 0 aliphatic heterocycles. The van der Waals surface area contributed by atoms with E-state index in [1.807, 2.05) is 11.4 Å². The Labute approximate surface area is 116 Å². The third-order valence-electron chi connectivity index (χ3n) is 3.87. The molecule has 3 unspecified atom stereocenters. The molecule has 0 amide bonds. The largest absolute Gasteiger partial charge is 0.391 e. The van der Waals surface area contributed by atoms with Crippen LogP contribution >= 0.6 is 11.3 Å². The van der Waals surface area contributed by atoms with E-state index >= 15 is 0 Å². The molecular formula is C14H20F3NS. The molecule has 3 atom stereocenters. The highest BCUT2D eigenvalue weighted by molar-refractivity contribution is 7.10. The van der Waals surface area contributed by atoms with Crippen molar-refractivity contribution in [2.75, 3.05) is 0 Å². The molecule has 0 bridgehead atoms. The number of hydrogen-bond donors (Lipinski definition) is 1. The van der Waals surface area contributed by atoms with E-state index in [2.05, 4.69) is 18.3 Å². The Bertz CT molecular complexity index is 375. The molecule has 5 heteroatoms. The van der Waals surface area contributed by atoms with Gasteiger partial charge in [-0.25, -0.2) is 0 Å². The van der Waals surface area contributed by atoms with Crippen LogP contribution < -0.4 is 5.32 Å². The predicted molar refractivity (Wildman–Crippen MR) is 72.3 cm³/mol. The van der Waals surface area contributed by atoms with Gasteiger partial charge in [0.05, 0.1) is 5.92 Å². The minimum absolute atomic E-state index is 0.00701. The molecule has 1 nitrogen and oxygen atoms in total. The Hall–Kier alpha value is -0.550. The van der Waals surface area contributed by atoms with Crippen molar-refractivity contribution in [2.45, 2.75) is 57.3 Å². The van der Waals surface area contributed by atoms with Crippen molar-refractivity contribution in [3.05, 3.63) is 22.4 Å². The molecule has 0 aromatic carbocycles. The summed E-state index contributed by atoms with van der Waals surface area (Å²) in [6.45, 7) is 2.07.